The maximum absolute atomic E-state index is 5.48. The maximum Gasteiger partial charge on any atom is 0.175 e. The van der Waals surface area contributed by atoms with Crippen molar-refractivity contribution in [2.24, 2.45) is 0 Å². The number of benzene rings is 2. The van der Waals surface area contributed by atoms with Crippen LogP contribution in [0.4, 0.5) is 11.4 Å². The summed E-state index contributed by atoms with van der Waals surface area (Å²) >= 11 is 5.48. The molecule has 0 spiro atoms. The highest BCUT2D eigenvalue weighted by atomic mass is 32.1. The minimum Gasteiger partial charge on any atom is -0.332 e. The lowest BCUT2D eigenvalue weighted by Gasteiger charge is -2.32. The summed E-state index contributed by atoms with van der Waals surface area (Å²) < 4.78 is 0. The summed E-state index contributed by atoms with van der Waals surface area (Å²) in [5.41, 5.74) is 3.44. The largest absolute Gasteiger partial charge is 0.332 e. The summed E-state index contributed by atoms with van der Waals surface area (Å²) in [5.74, 6) is 0. The Hall–Kier alpha value is -1.91. The van der Waals surface area contributed by atoms with Gasteiger partial charge in [0.05, 0.1) is 0 Å². The van der Waals surface area contributed by atoms with Gasteiger partial charge >= 0.3 is 0 Å². The molecule has 1 heterocycles. The summed E-state index contributed by atoms with van der Waals surface area (Å²) in [6.45, 7) is 1.23. The highest BCUT2D eigenvalue weighted by Gasteiger charge is 2.18. The molecule has 1 aliphatic rings. The summed E-state index contributed by atoms with van der Waals surface area (Å²) in [5, 5.41) is 7.24. The van der Waals surface area contributed by atoms with Crippen LogP contribution in [0.2, 0.25) is 0 Å². The number of para-hydroxylation sites is 2. The lowest BCUT2D eigenvalue weighted by atomic mass is 9.96. The van der Waals surface area contributed by atoms with Gasteiger partial charge in [-0.2, -0.15) is 0 Å². The minimum absolute atomic E-state index is 0.633. The molecule has 1 atom stereocenters. The van der Waals surface area contributed by atoms with E-state index in [1.807, 2.05) is 30.3 Å². The second-order valence-corrected chi connectivity index (χ2v) is 7.18. The molecule has 25 heavy (non-hydrogen) atoms. The number of likely N-dealkylation sites (tertiary alicyclic amines) is 1. The van der Waals surface area contributed by atoms with E-state index in [9.17, 15) is 0 Å². The number of hydrogen-bond donors (Lipinski definition) is 2. The van der Waals surface area contributed by atoms with Crippen LogP contribution < -0.4 is 10.6 Å². The Balaban J connectivity index is 1.59. The fourth-order valence-electron chi connectivity index (χ4n) is 3.50. The van der Waals surface area contributed by atoms with Crippen LogP contribution >= 0.6 is 12.2 Å². The Morgan fingerprint density at radius 2 is 1.80 bits per heavy atom. The van der Waals surface area contributed by atoms with Crippen molar-refractivity contribution in [1.82, 2.24) is 4.90 Å². The molecule has 1 aliphatic heterocycles. The highest BCUT2D eigenvalue weighted by molar-refractivity contribution is 7.80. The van der Waals surface area contributed by atoms with Gasteiger partial charge in [-0.3, -0.25) is 0 Å². The predicted octanol–water partition coefficient (Wildman–Crippen LogP) is 4.91. The van der Waals surface area contributed by atoms with Crippen LogP contribution in [0, 0.1) is 0 Å². The minimum atomic E-state index is 0.633. The van der Waals surface area contributed by atoms with Gasteiger partial charge in [0.15, 0.2) is 5.11 Å². The molecule has 0 radical (unpaired) electrons. The lowest BCUT2D eigenvalue weighted by Crippen LogP contribution is -2.36. The van der Waals surface area contributed by atoms with Gasteiger partial charge in [-0.05, 0) is 75.3 Å². The Labute approximate surface area is 156 Å². The van der Waals surface area contributed by atoms with Gasteiger partial charge in [-0.25, -0.2) is 0 Å². The van der Waals surface area contributed by atoms with Crippen LogP contribution in [-0.2, 0) is 6.42 Å². The Kier molecular flexibility index (Phi) is 6.42. The zero-order valence-corrected chi connectivity index (χ0v) is 15.7. The second kappa shape index (κ2) is 8.97. The summed E-state index contributed by atoms with van der Waals surface area (Å²) in [4.78, 5) is 2.52. The zero-order valence-electron chi connectivity index (χ0n) is 14.9. The van der Waals surface area contributed by atoms with E-state index in [4.69, 9.17) is 12.2 Å². The first-order chi connectivity index (χ1) is 12.2. The maximum atomic E-state index is 5.48. The molecular formula is C21H27N3S. The van der Waals surface area contributed by atoms with Crippen molar-refractivity contribution in [1.29, 1.82) is 0 Å². The molecule has 0 aliphatic carbocycles. The smallest absolute Gasteiger partial charge is 0.175 e. The van der Waals surface area contributed by atoms with Gasteiger partial charge in [-0.1, -0.05) is 42.8 Å². The Morgan fingerprint density at radius 3 is 2.60 bits per heavy atom. The van der Waals surface area contributed by atoms with Crippen LogP contribution in [0.5, 0.6) is 0 Å². The number of anilines is 2. The van der Waals surface area contributed by atoms with Crippen molar-refractivity contribution in [3.63, 3.8) is 0 Å². The molecule has 0 amide bonds. The SMILES string of the molecule is CN1CCCCC1CCc1ccccc1NC(=S)Nc1ccccc1. The second-order valence-electron chi connectivity index (χ2n) is 6.77. The standard InChI is InChI=1S/C21H27N3S/c1-24-16-8-7-12-19(24)15-14-17-9-5-6-13-20(17)23-21(25)22-18-10-3-2-4-11-18/h2-6,9-11,13,19H,7-8,12,14-16H2,1H3,(H2,22,23,25). The number of thiocarbonyl (C=S) groups is 1. The lowest BCUT2D eigenvalue weighted by molar-refractivity contribution is 0.176. The molecule has 4 heteroatoms. The van der Waals surface area contributed by atoms with E-state index < -0.39 is 0 Å². The average molecular weight is 354 g/mol. The van der Waals surface area contributed by atoms with Crippen molar-refractivity contribution < 1.29 is 0 Å². The predicted molar refractivity (Wildman–Crippen MR) is 111 cm³/mol. The van der Waals surface area contributed by atoms with Gasteiger partial charge in [0, 0.05) is 17.4 Å². The Bertz CT molecular complexity index is 687. The number of piperidine rings is 1. The van der Waals surface area contributed by atoms with E-state index in [0.29, 0.717) is 11.2 Å². The topological polar surface area (TPSA) is 27.3 Å². The monoisotopic (exact) mass is 353 g/mol. The Morgan fingerprint density at radius 1 is 1.04 bits per heavy atom. The van der Waals surface area contributed by atoms with Crippen molar-refractivity contribution in [2.45, 2.75) is 38.1 Å². The molecule has 3 rings (SSSR count). The molecule has 3 nitrogen and oxygen atoms in total. The van der Waals surface area contributed by atoms with E-state index in [1.165, 1.54) is 37.8 Å². The molecule has 0 bridgehead atoms. The number of nitrogens with zero attached hydrogens (tertiary/aromatic N) is 1. The number of nitrogens with one attached hydrogen (secondary N) is 2. The average Bonchev–Trinajstić information content (AvgIpc) is 2.63. The molecule has 2 N–H and O–H groups in total. The van der Waals surface area contributed by atoms with E-state index in [2.05, 4.69) is 46.8 Å². The van der Waals surface area contributed by atoms with Crippen LogP contribution in [0.3, 0.4) is 0 Å². The molecule has 1 saturated heterocycles. The fourth-order valence-corrected chi connectivity index (χ4v) is 3.73. The molecule has 1 fully saturated rings. The van der Waals surface area contributed by atoms with E-state index >= 15 is 0 Å². The van der Waals surface area contributed by atoms with Crippen LogP contribution in [0.25, 0.3) is 0 Å². The molecule has 1 unspecified atom stereocenters. The first kappa shape index (κ1) is 17.9. The third kappa shape index (κ3) is 5.28. The first-order valence-electron chi connectivity index (χ1n) is 9.13. The van der Waals surface area contributed by atoms with Gasteiger partial charge < -0.3 is 15.5 Å². The molecule has 2 aromatic carbocycles. The summed E-state index contributed by atoms with van der Waals surface area (Å²) in [6, 6.07) is 19.2. The van der Waals surface area contributed by atoms with Crippen molar-refractivity contribution in [2.75, 3.05) is 24.2 Å². The van der Waals surface area contributed by atoms with Crippen LogP contribution in [-0.4, -0.2) is 29.6 Å². The van der Waals surface area contributed by atoms with E-state index in [1.54, 1.807) is 0 Å². The van der Waals surface area contributed by atoms with Crippen molar-refractivity contribution >= 4 is 28.7 Å². The third-order valence-electron chi connectivity index (χ3n) is 4.97. The molecule has 0 saturated carbocycles. The number of rotatable bonds is 5. The van der Waals surface area contributed by atoms with Crippen LogP contribution in [0.15, 0.2) is 54.6 Å². The molecule has 132 valence electrons. The van der Waals surface area contributed by atoms with E-state index in [0.717, 1.165) is 17.8 Å². The van der Waals surface area contributed by atoms with Crippen molar-refractivity contribution in [3.05, 3.63) is 60.2 Å². The normalized spacial score (nSPS) is 17.9. The highest BCUT2D eigenvalue weighted by Crippen LogP contribution is 2.23. The van der Waals surface area contributed by atoms with E-state index in [-0.39, 0.29) is 0 Å². The zero-order chi connectivity index (χ0) is 17.5. The molecular weight excluding hydrogens is 326 g/mol. The fraction of sp³-hybridized carbons (Fsp3) is 0.381. The quantitative estimate of drug-likeness (QED) is 0.747. The molecule has 0 aromatic heterocycles. The van der Waals surface area contributed by atoms with Gasteiger partial charge in [-0.15, -0.1) is 0 Å². The third-order valence-corrected chi connectivity index (χ3v) is 5.17. The van der Waals surface area contributed by atoms with Gasteiger partial charge in [0.25, 0.3) is 0 Å². The first-order valence-corrected chi connectivity index (χ1v) is 9.54. The summed E-state index contributed by atoms with van der Waals surface area (Å²) in [6.07, 6.45) is 6.30. The summed E-state index contributed by atoms with van der Waals surface area (Å²) in [7, 11) is 2.26. The number of aryl methyl sites for hydroxylation is 1. The van der Waals surface area contributed by atoms with Crippen LogP contribution in [0.1, 0.15) is 31.2 Å². The van der Waals surface area contributed by atoms with Crippen molar-refractivity contribution in [3.8, 4) is 0 Å². The van der Waals surface area contributed by atoms with Gasteiger partial charge in [0.2, 0.25) is 0 Å². The van der Waals surface area contributed by atoms with Gasteiger partial charge in [0.1, 0.15) is 0 Å². The number of hydrogen-bond acceptors (Lipinski definition) is 2. The molecule has 2 aromatic rings.